The van der Waals surface area contributed by atoms with E-state index in [1.165, 1.54) is 70.6 Å². The van der Waals surface area contributed by atoms with Crippen LogP contribution in [0.3, 0.4) is 0 Å². The Balaban J connectivity index is 3.41. The fourth-order valence-corrected chi connectivity index (χ4v) is 3.45. The number of carbonyl (C=O) groups is 2. The molecule has 0 heterocycles. The lowest BCUT2D eigenvalue weighted by Gasteiger charge is -2.11. The summed E-state index contributed by atoms with van der Waals surface area (Å²) in [6.45, 7) is 2.25. The zero-order chi connectivity index (χ0) is 20.2. The summed E-state index contributed by atoms with van der Waals surface area (Å²) in [4.78, 5) is 21.5. The van der Waals surface area contributed by atoms with Crippen molar-refractivity contribution >= 4 is 11.9 Å². The lowest BCUT2D eigenvalue weighted by Crippen LogP contribution is -2.12. The Labute approximate surface area is 166 Å². The second-order valence-electron chi connectivity index (χ2n) is 7.79. The average molecular weight is 383 g/mol. The Morgan fingerprint density at radius 3 is 1.52 bits per heavy atom. The van der Waals surface area contributed by atoms with Crippen LogP contribution >= 0.6 is 0 Å². The normalized spacial score (nSPS) is 11.5. The molecule has 0 spiro atoms. The molecule has 0 aromatic carbocycles. The second-order valence-corrected chi connectivity index (χ2v) is 7.79. The predicted octanol–water partition coefficient (Wildman–Crippen LogP) is 6.98. The highest BCUT2D eigenvalue weighted by Gasteiger charge is 2.16. The van der Waals surface area contributed by atoms with Gasteiger partial charge in [-0.2, -0.15) is 0 Å². The minimum atomic E-state index is -0.897. The summed E-state index contributed by atoms with van der Waals surface area (Å²) in [7, 11) is 0. The van der Waals surface area contributed by atoms with Crippen LogP contribution in [0.2, 0.25) is 0 Å². The van der Waals surface area contributed by atoms with Gasteiger partial charge < -0.3 is 10.2 Å². The Bertz CT molecular complexity index is 374. The SMILES string of the molecule is CCCCCCCCC=CCCCCCCCCC(CC(=O)O)CC(=O)O. The van der Waals surface area contributed by atoms with Crippen LogP contribution in [0.15, 0.2) is 12.2 Å². The number of unbranched alkanes of at least 4 members (excludes halogenated alkanes) is 12. The molecule has 0 saturated heterocycles. The van der Waals surface area contributed by atoms with E-state index in [9.17, 15) is 9.59 Å². The zero-order valence-electron chi connectivity index (χ0n) is 17.5. The van der Waals surface area contributed by atoms with Crippen LogP contribution in [-0.4, -0.2) is 22.2 Å². The van der Waals surface area contributed by atoms with Crippen LogP contribution in [0.5, 0.6) is 0 Å². The largest absolute Gasteiger partial charge is 0.481 e. The molecule has 0 rings (SSSR count). The Hall–Kier alpha value is -1.32. The molecule has 0 amide bonds. The van der Waals surface area contributed by atoms with E-state index in [4.69, 9.17) is 10.2 Å². The quantitative estimate of drug-likeness (QED) is 0.176. The third kappa shape index (κ3) is 20.8. The Kier molecular flexibility index (Phi) is 18.5. The van der Waals surface area contributed by atoms with Crippen molar-refractivity contribution in [3.05, 3.63) is 12.2 Å². The van der Waals surface area contributed by atoms with E-state index in [2.05, 4.69) is 19.1 Å². The molecule has 27 heavy (non-hydrogen) atoms. The van der Waals surface area contributed by atoms with Crippen molar-refractivity contribution in [3.63, 3.8) is 0 Å². The monoisotopic (exact) mass is 382 g/mol. The fraction of sp³-hybridized carbons (Fsp3) is 0.826. The highest BCUT2D eigenvalue weighted by Crippen LogP contribution is 2.19. The second kappa shape index (κ2) is 19.4. The number of aliphatic carboxylic acids is 2. The molecule has 0 saturated carbocycles. The average Bonchev–Trinajstić information content (AvgIpc) is 2.60. The van der Waals surface area contributed by atoms with Crippen molar-refractivity contribution in [1.82, 2.24) is 0 Å². The summed E-state index contributed by atoms with van der Waals surface area (Å²) >= 11 is 0. The van der Waals surface area contributed by atoms with Crippen LogP contribution < -0.4 is 0 Å². The maximum absolute atomic E-state index is 10.8. The van der Waals surface area contributed by atoms with Gasteiger partial charge in [-0.05, 0) is 38.0 Å². The van der Waals surface area contributed by atoms with E-state index in [1.807, 2.05) is 0 Å². The van der Waals surface area contributed by atoms with Gasteiger partial charge in [0.25, 0.3) is 0 Å². The minimum Gasteiger partial charge on any atom is -0.481 e. The van der Waals surface area contributed by atoms with Gasteiger partial charge in [-0.25, -0.2) is 0 Å². The van der Waals surface area contributed by atoms with Crippen LogP contribution in [0.1, 0.15) is 116 Å². The molecule has 4 nitrogen and oxygen atoms in total. The van der Waals surface area contributed by atoms with Crippen LogP contribution in [0.4, 0.5) is 0 Å². The van der Waals surface area contributed by atoms with Gasteiger partial charge in [0.05, 0.1) is 0 Å². The van der Waals surface area contributed by atoms with E-state index < -0.39 is 11.9 Å². The topological polar surface area (TPSA) is 74.6 Å². The first kappa shape index (κ1) is 25.7. The maximum Gasteiger partial charge on any atom is 0.303 e. The van der Waals surface area contributed by atoms with Gasteiger partial charge in [0.15, 0.2) is 0 Å². The molecule has 4 heteroatoms. The Morgan fingerprint density at radius 2 is 1.07 bits per heavy atom. The first-order valence-electron chi connectivity index (χ1n) is 11.1. The summed E-state index contributed by atoms with van der Waals surface area (Å²) in [6.07, 6.45) is 22.7. The van der Waals surface area contributed by atoms with Gasteiger partial charge in [0.1, 0.15) is 0 Å². The molecule has 158 valence electrons. The predicted molar refractivity (Wildman–Crippen MR) is 112 cm³/mol. The van der Waals surface area contributed by atoms with Crippen molar-refractivity contribution < 1.29 is 19.8 Å². The first-order valence-corrected chi connectivity index (χ1v) is 11.1. The highest BCUT2D eigenvalue weighted by molar-refractivity contribution is 5.70. The number of carboxylic acids is 2. The number of carboxylic acid groups (broad SMARTS) is 2. The molecule has 0 bridgehead atoms. The van der Waals surface area contributed by atoms with Gasteiger partial charge in [-0.15, -0.1) is 0 Å². The van der Waals surface area contributed by atoms with Gasteiger partial charge in [0, 0.05) is 12.8 Å². The molecule has 0 radical (unpaired) electrons. The Morgan fingerprint density at radius 1 is 0.667 bits per heavy atom. The first-order chi connectivity index (χ1) is 13.1. The van der Waals surface area contributed by atoms with Gasteiger partial charge >= 0.3 is 11.9 Å². The third-order valence-corrected chi connectivity index (χ3v) is 5.05. The molecular formula is C23H42O4. The molecule has 0 aromatic heterocycles. The number of hydrogen-bond donors (Lipinski definition) is 2. The smallest absolute Gasteiger partial charge is 0.303 e. The van der Waals surface area contributed by atoms with Gasteiger partial charge in [-0.1, -0.05) is 83.3 Å². The third-order valence-electron chi connectivity index (χ3n) is 5.05. The van der Waals surface area contributed by atoms with Gasteiger partial charge in [-0.3, -0.25) is 9.59 Å². The lowest BCUT2D eigenvalue weighted by molar-refractivity contribution is -0.140. The molecule has 0 aliphatic carbocycles. The van der Waals surface area contributed by atoms with E-state index >= 15 is 0 Å². The molecule has 0 unspecified atom stereocenters. The van der Waals surface area contributed by atoms with E-state index in [1.54, 1.807) is 0 Å². The molecule has 0 fully saturated rings. The summed E-state index contributed by atoms with van der Waals surface area (Å²) in [6, 6.07) is 0. The maximum atomic E-state index is 10.8. The summed E-state index contributed by atoms with van der Waals surface area (Å²) < 4.78 is 0. The number of hydrogen-bond acceptors (Lipinski definition) is 2. The molecular weight excluding hydrogens is 340 g/mol. The summed E-state index contributed by atoms with van der Waals surface area (Å²) in [5.74, 6) is -2.02. The molecule has 0 atom stereocenters. The van der Waals surface area contributed by atoms with Crippen molar-refractivity contribution in [1.29, 1.82) is 0 Å². The minimum absolute atomic E-state index is 0.0304. The number of rotatable bonds is 20. The van der Waals surface area contributed by atoms with Crippen molar-refractivity contribution in [3.8, 4) is 0 Å². The number of allylic oxidation sites excluding steroid dienone is 2. The van der Waals surface area contributed by atoms with E-state index in [-0.39, 0.29) is 18.8 Å². The van der Waals surface area contributed by atoms with E-state index in [0.717, 1.165) is 19.3 Å². The molecule has 0 aliphatic rings. The summed E-state index contributed by atoms with van der Waals surface area (Å²) in [5.41, 5.74) is 0. The van der Waals surface area contributed by atoms with Crippen LogP contribution in [0, 0.1) is 5.92 Å². The van der Waals surface area contributed by atoms with Crippen molar-refractivity contribution in [2.75, 3.05) is 0 Å². The van der Waals surface area contributed by atoms with E-state index in [0.29, 0.717) is 6.42 Å². The molecule has 2 N–H and O–H groups in total. The van der Waals surface area contributed by atoms with Crippen LogP contribution in [0.25, 0.3) is 0 Å². The highest BCUT2D eigenvalue weighted by atomic mass is 16.4. The van der Waals surface area contributed by atoms with Gasteiger partial charge in [0.2, 0.25) is 0 Å². The zero-order valence-corrected chi connectivity index (χ0v) is 17.5. The molecule has 0 aliphatic heterocycles. The van der Waals surface area contributed by atoms with Crippen molar-refractivity contribution in [2.45, 2.75) is 116 Å². The van der Waals surface area contributed by atoms with Crippen LogP contribution in [-0.2, 0) is 9.59 Å². The lowest BCUT2D eigenvalue weighted by atomic mass is 9.94. The standard InChI is InChI=1S/C23H42O4/c1-2-3-4-5-6-7-8-9-10-11-12-13-14-15-16-17-18-21(19-22(24)25)20-23(26)27/h9-10,21H,2-8,11-20H2,1H3,(H,24,25)(H,26,27). The summed E-state index contributed by atoms with van der Waals surface area (Å²) in [5, 5.41) is 17.7. The van der Waals surface area contributed by atoms with Crippen molar-refractivity contribution in [2.24, 2.45) is 5.92 Å². The molecule has 0 aromatic rings. The fourth-order valence-electron chi connectivity index (χ4n) is 3.45.